The molecule has 12 nitrogen and oxygen atoms in total. The zero-order valence-electron chi connectivity index (χ0n) is 29.9. The molecule has 2 N–H and O–H groups in total. The van der Waals surface area contributed by atoms with Crippen LogP contribution in [0.4, 0.5) is 4.79 Å². The normalized spacial score (nSPS) is 21.3. The van der Waals surface area contributed by atoms with Crippen LogP contribution in [0.15, 0.2) is 115 Å². The standard InChI is InChI=1S/C41H41N5O7S/c1-26-35(24-54-40-44-42-25-45(40)2)52-39(53-37(26)30-14-12-27(22-47)13-15-30)31-18-16-29(17-19-31)33-11-7-6-10-32(33)21-46-36(48)20-34(38(46)49)43-41(50)51-23-28-8-4-3-5-9-28/h3-19,25-26,34-35,37,39,47H,20-24H2,1-2H3,(H,43,50). The highest BCUT2D eigenvalue weighted by Crippen LogP contribution is 2.43. The highest BCUT2D eigenvalue weighted by Gasteiger charge is 2.41. The van der Waals surface area contributed by atoms with Crippen LogP contribution in [0, 0.1) is 5.92 Å². The van der Waals surface area contributed by atoms with Crippen LogP contribution in [0.1, 0.15) is 53.6 Å². The fourth-order valence-electron chi connectivity index (χ4n) is 6.67. The number of aliphatic hydroxyl groups excluding tert-OH is 1. The van der Waals surface area contributed by atoms with Crippen molar-refractivity contribution in [2.75, 3.05) is 5.75 Å². The molecule has 5 atom stereocenters. The molecular weight excluding hydrogens is 707 g/mol. The Morgan fingerprint density at radius 1 is 0.926 bits per heavy atom. The van der Waals surface area contributed by atoms with Crippen LogP contribution in [0.3, 0.4) is 0 Å². The van der Waals surface area contributed by atoms with Crippen molar-refractivity contribution in [3.05, 3.63) is 137 Å². The van der Waals surface area contributed by atoms with Crippen molar-refractivity contribution in [2.24, 2.45) is 13.0 Å². The molecule has 2 fully saturated rings. The third kappa shape index (κ3) is 8.39. The van der Waals surface area contributed by atoms with Gasteiger partial charge in [0.05, 0.1) is 31.8 Å². The molecule has 0 spiro atoms. The van der Waals surface area contributed by atoms with Crippen LogP contribution in [-0.4, -0.2) is 60.6 Å². The summed E-state index contributed by atoms with van der Waals surface area (Å²) in [5.74, 6) is -0.190. The number of aromatic nitrogens is 3. The lowest BCUT2D eigenvalue weighted by Gasteiger charge is -2.41. The van der Waals surface area contributed by atoms with Crippen LogP contribution in [0.25, 0.3) is 11.1 Å². The molecule has 13 heteroatoms. The molecule has 5 aromatic rings. The number of carbonyl (C=O) groups excluding carboxylic acids is 3. The van der Waals surface area contributed by atoms with Crippen molar-refractivity contribution >= 4 is 29.7 Å². The Kier molecular flexibility index (Phi) is 11.5. The van der Waals surface area contributed by atoms with Gasteiger partial charge in [-0.15, -0.1) is 10.2 Å². The van der Waals surface area contributed by atoms with Crippen LogP contribution in [0.5, 0.6) is 0 Å². The Bertz CT molecular complexity index is 2080. The van der Waals surface area contributed by atoms with E-state index >= 15 is 0 Å². The molecule has 7 rings (SSSR count). The fraction of sp³-hybridized carbons (Fsp3) is 0.293. The Hall–Kier alpha value is -5.34. The Morgan fingerprint density at radius 3 is 2.37 bits per heavy atom. The number of aliphatic hydroxyl groups is 1. The Balaban J connectivity index is 1.05. The van der Waals surface area contributed by atoms with Crippen molar-refractivity contribution in [2.45, 2.75) is 62.8 Å². The summed E-state index contributed by atoms with van der Waals surface area (Å²) in [6, 6.07) is 31.5. The third-order valence-electron chi connectivity index (χ3n) is 9.76. The molecule has 2 saturated heterocycles. The number of thioether (sulfide) groups is 1. The molecular formula is C41H41N5O7S. The quantitative estimate of drug-likeness (QED) is 0.113. The minimum atomic E-state index is -0.996. The lowest BCUT2D eigenvalue weighted by atomic mass is 9.91. The van der Waals surface area contributed by atoms with E-state index in [0.717, 1.165) is 44.1 Å². The van der Waals surface area contributed by atoms with E-state index in [9.17, 15) is 19.5 Å². The van der Waals surface area contributed by atoms with Gasteiger partial charge >= 0.3 is 6.09 Å². The summed E-state index contributed by atoms with van der Waals surface area (Å²) in [5, 5.41) is 21.2. The minimum Gasteiger partial charge on any atom is -0.445 e. The number of hydrogen-bond acceptors (Lipinski definition) is 10. The molecule has 278 valence electrons. The van der Waals surface area contributed by atoms with Crippen LogP contribution >= 0.6 is 11.8 Å². The summed E-state index contributed by atoms with van der Waals surface area (Å²) in [6.45, 7) is 2.20. The maximum Gasteiger partial charge on any atom is 0.408 e. The van der Waals surface area contributed by atoms with Crippen LogP contribution in [0.2, 0.25) is 0 Å². The second kappa shape index (κ2) is 16.8. The summed E-state index contributed by atoms with van der Waals surface area (Å²) in [5.41, 5.74) is 6.02. The van der Waals surface area contributed by atoms with Crippen molar-refractivity contribution in [1.29, 1.82) is 0 Å². The predicted octanol–water partition coefficient (Wildman–Crippen LogP) is 6.11. The number of likely N-dealkylation sites (tertiary alicyclic amines) is 1. The number of benzene rings is 4. The maximum atomic E-state index is 13.3. The van der Waals surface area contributed by atoms with Gasteiger partial charge in [-0.25, -0.2) is 4.79 Å². The number of ether oxygens (including phenoxy) is 3. The molecule has 2 aliphatic rings. The first kappa shape index (κ1) is 37.0. The average molecular weight is 748 g/mol. The van der Waals surface area contributed by atoms with Gasteiger partial charge in [-0.1, -0.05) is 122 Å². The molecule has 5 unspecified atom stereocenters. The molecule has 0 bridgehead atoms. The summed E-state index contributed by atoms with van der Waals surface area (Å²) in [6.07, 6.45) is -0.307. The topological polar surface area (TPSA) is 145 Å². The number of nitrogens with one attached hydrogen (secondary N) is 1. The smallest absolute Gasteiger partial charge is 0.408 e. The van der Waals surface area contributed by atoms with Gasteiger partial charge in [-0.2, -0.15) is 0 Å². The second-order valence-corrected chi connectivity index (χ2v) is 14.4. The van der Waals surface area contributed by atoms with Crippen molar-refractivity contribution in [3.8, 4) is 11.1 Å². The second-order valence-electron chi connectivity index (χ2n) is 13.4. The maximum absolute atomic E-state index is 13.3. The third-order valence-corrected chi connectivity index (χ3v) is 10.9. The van der Waals surface area contributed by atoms with Gasteiger partial charge in [0.1, 0.15) is 19.0 Å². The molecule has 3 amide bonds. The van der Waals surface area contributed by atoms with E-state index in [0.29, 0.717) is 5.75 Å². The lowest BCUT2D eigenvalue weighted by Crippen LogP contribution is -2.41. The SMILES string of the molecule is CC1C(CSc2nncn2C)OC(c2ccc(-c3ccccc3CN3C(=O)CC(NC(=O)OCc4ccccc4)C3=O)cc2)OC1c1ccc(CO)cc1. The van der Waals surface area contributed by atoms with Gasteiger partial charge in [-0.05, 0) is 33.4 Å². The van der Waals surface area contributed by atoms with Crippen LogP contribution < -0.4 is 5.32 Å². The van der Waals surface area contributed by atoms with Crippen molar-refractivity contribution in [3.63, 3.8) is 0 Å². The molecule has 3 heterocycles. The van der Waals surface area contributed by atoms with E-state index in [1.807, 2.05) is 115 Å². The number of imide groups is 1. The first-order valence-corrected chi connectivity index (χ1v) is 18.7. The molecule has 54 heavy (non-hydrogen) atoms. The molecule has 4 aromatic carbocycles. The summed E-state index contributed by atoms with van der Waals surface area (Å²) in [7, 11) is 1.91. The number of carbonyl (C=O) groups is 3. The van der Waals surface area contributed by atoms with Crippen molar-refractivity contribution in [1.82, 2.24) is 25.0 Å². The van der Waals surface area contributed by atoms with Gasteiger partial charge < -0.3 is 29.2 Å². The Labute approximate surface area is 317 Å². The monoisotopic (exact) mass is 747 g/mol. The van der Waals surface area contributed by atoms with Crippen LogP contribution in [-0.2, 0) is 50.6 Å². The molecule has 2 aliphatic heterocycles. The van der Waals surface area contributed by atoms with E-state index in [1.165, 1.54) is 4.90 Å². The number of alkyl carbamates (subject to hydrolysis) is 1. The Morgan fingerprint density at radius 2 is 1.65 bits per heavy atom. The van der Waals surface area contributed by atoms with Gasteiger partial charge in [-0.3, -0.25) is 14.5 Å². The number of amides is 3. The first-order valence-electron chi connectivity index (χ1n) is 17.7. The van der Waals surface area contributed by atoms with Gasteiger partial charge in [0.2, 0.25) is 5.91 Å². The van der Waals surface area contributed by atoms with Gasteiger partial charge in [0, 0.05) is 24.3 Å². The highest BCUT2D eigenvalue weighted by molar-refractivity contribution is 7.99. The van der Waals surface area contributed by atoms with E-state index in [-0.39, 0.29) is 50.2 Å². The molecule has 0 aliphatic carbocycles. The summed E-state index contributed by atoms with van der Waals surface area (Å²) < 4.78 is 20.4. The predicted molar refractivity (Wildman–Crippen MR) is 200 cm³/mol. The van der Waals surface area contributed by atoms with Gasteiger partial charge in [0.15, 0.2) is 11.4 Å². The largest absolute Gasteiger partial charge is 0.445 e. The number of aryl methyl sites for hydroxylation is 1. The molecule has 0 saturated carbocycles. The minimum absolute atomic E-state index is 0.0128. The molecule has 0 radical (unpaired) electrons. The van der Waals surface area contributed by atoms with E-state index in [1.54, 1.807) is 18.1 Å². The molecule has 1 aromatic heterocycles. The number of hydrogen-bond donors (Lipinski definition) is 2. The summed E-state index contributed by atoms with van der Waals surface area (Å²) in [4.78, 5) is 40.0. The lowest BCUT2D eigenvalue weighted by molar-refractivity contribution is -0.268. The zero-order chi connectivity index (χ0) is 37.6. The zero-order valence-corrected chi connectivity index (χ0v) is 30.7. The van der Waals surface area contributed by atoms with Crippen molar-refractivity contribution < 1.29 is 33.7 Å². The van der Waals surface area contributed by atoms with E-state index in [2.05, 4.69) is 22.4 Å². The fourth-order valence-corrected chi connectivity index (χ4v) is 7.72. The number of rotatable bonds is 12. The van der Waals surface area contributed by atoms with Gasteiger partial charge in [0.25, 0.3) is 5.91 Å². The van der Waals surface area contributed by atoms with E-state index in [4.69, 9.17) is 14.2 Å². The average Bonchev–Trinajstić information content (AvgIpc) is 3.73. The first-order chi connectivity index (χ1) is 26.3. The number of nitrogens with zero attached hydrogens (tertiary/aromatic N) is 4. The highest BCUT2D eigenvalue weighted by atomic mass is 32.2. The van der Waals surface area contributed by atoms with E-state index < -0.39 is 24.3 Å². The summed E-state index contributed by atoms with van der Waals surface area (Å²) >= 11 is 1.58.